The van der Waals surface area contributed by atoms with Crippen LogP contribution in [0.15, 0.2) is 53.5 Å². The Bertz CT molecular complexity index is 2300. The number of ether oxygens (including phenoxy) is 3. The lowest BCUT2D eigenvalue weighted by Gasteiger charge is -2.16. The van der Waals surface area contributed by atoms with Crippen molar-refractivity contribution < 1.29 is 23.4 Å². The fourth-order valence-corrected chi connectivity index (χ4v) is 8.64. The largest absolute Gasteiger partial charge is 0.490 e. The molecule has 0 bridgehead atoms. The maximum atomic E-state index is 14.9. The Balaban J connectivity index is 1.18. The van der Waals surface area contributed by atoms with Gasteiger partial charge in [-0.25, -0.2) is 14.2 Å². The van der Waals surface area contributed by atoms with E-state index in [-0.39, 0.29) is 16.9 Å². The molecule has 1 aliphatic rings. The number of rotatable bonds is 15. The number of aromatic nitrogens is 4. The maximum Gasteiger partial charge on any atom is 0.357 e. The molecule has 15 heteroatoms. The van der Waals surface area contributed by atoms with Gasteiger partial charge in [0.05, 0.1) is 30.5 Å². The fourth-order valence-electron chi connectivity index (χ4n) is 5.67. The van der Waals surface area contributed by atoms with Crippen LogP contribution in [0.5, 0.6) is 5.75 Å². The van der Waals surface area contributed by atoms with Crippen LogP contribution in [0.1, 0.15) is 39.3 Å². The van der Waals surface area contributed by atoms with Gasteiger partial charge in [0.25, 0.3) is 0 Å². The predicted octanol–water partition coefficient (Wildman–Crippen LogP) is 7.81. The van der Waals surface area contributed by atoms with Gasteiger partial charge in [-0.1, -0.05) is 55.0 Å². The van der Waals surface area contributed by atoms with E-state index in [4.69, 9.17) is 24.2 Å². The molecule has 0 spiro atoms. The van der Waals surface area contributed by atoms with Crippen LogP contribution in [0.4, 0.5) is 21.2 Å². The Morgan fingerprint density at radius 2 is 1.87 bits per heavy atom. The molecule has 1 saturated carbocycles. The summed E-state index contributed by atoms with van der Waals surface area (Å²) < 4.78 is 35.4. The molecule has 3 heterocycles. The fraction of sp³-hybridized carbons (Fsp3) is 0.425. The summed E-state index contributed by atoms with van der Waals surface area (Å²) in [5, 5.41) is 9.62. The molecule has 290 valence electrons. The molecule has 0 atom stereocenters. The van der Waals surface area contributed by atoms with E-state index in [2.05, 4.69) is 58.4 Å². The van der Waals surface area contributed by atoms with Crippen LogP contribution in [0.3, 0.4) is 0 Å². The first-order valence-electron chi connectivity index (χ1n) is 18.2. The van der Waals surface area contributed by atoms with Crippen molar-refractivity contribution in [1.82, 2.24) is 24.6 Å². The van der Waals surface area contributed by atoms with E-state index in [0.717, 1.165) is 44.3 Å². The van der Waals surface area contributed by atoms with Gasteiger partial charge in [0.1, 0.15) is 6.73 Å². The highest BCUT2D eigenvalue weighted by Gasteiger charge is 2.45. The van der Waals surface area contributed by atoms with E-state index in [1.807, 2.05) is 56.1 Å². The van der Waals surface area contributed by atoms with Crippen molar-refractivity contribution in [1.29, 1.82) is 0 Å². The summed E-state index contributed by atoms with van der Waals surface area (Å²) in [5.41, 5.74) is 2.50. The second-order valence-corrected chi connectivity index (χ2v) is 23.1. The number of hydrogen-bond acceptors (Lipinski definition) is 12. The molecule has 2 aromatic carbocycles. The highest BCUT2D eigenvalue weighted by atomic mass is 32.1. The van der Waals surface area contributed by atoms with Crippen LogP contribution in [0, 0.1) is 30.0 Å². The molecule has 0 aliphatic heterocycles. The highest BCUT2D eigenvalue weighted by Crippen LogP contribution is 2.50. The average molecular weight is 802 g/mol. The smallest absolute Gasteiger partial charge is 0.357 e. The number of fused-ring (bicyclic) bond motifs is 1. The summed E-state index contributed by atoms with van der Waals surface area (Å²) >= 11 is 2.98. The second kappa shape index (κ2) is 17.1. The summed E-state index contributed by atoms with van der Waals surface area (Å²) in [6.45, 7) is 11.0. The van der Waals surface area contributed by atoms with Crippen LogP contribution < -0.4 is 14.4 Å². The molecule has 0 saturated heterocycles. The second-order valence-electron chi connectivity index (χ2n) is 15.4. The first kappa shape index (κ1) is 40.2. The number of nitrogens with zero attached hydrogens (tertiary/aromatic N) is 7. The number of anilines is 2. The lowest BCUT2D eigenvalue weighted by atomic mass is 10.0. The van der Waals surface area contributed by atoms with Gasteiger partial charge in [-0.2, -0.15) is 4.99 Å². The van der Waals surface area contributed by atoms with Crippen molar-refractivity contribution in [3.05, 3.63) is 80.8 Å². The van der Waals surface area contributed by atoms with Gasteiger partial charge in [-0.3, -0.25) is 9.47 Å². The summed E-state index contributed by atoms with van der Waals surface area (Å²) in [5.74, 6) is 6.28. The molecule has 0 amide bonds. The number of carbonyl (C=O) groups is 1. The minimum Gasteiger partial charge on any atom is -0.490 e. The molecule has 3 aromatic heterocycles. The Kier molecular flexibility index (Phi) is 12.5. The monoisotopic (exact) mass is 801 g/mol. The summed E-state index contributed by atoms with van der Waals surface area (Å²) in [6, 6.07) is 16.0. The minimum absolute atomic E-state index is 0.180. The third-order valence-corrected chi connectivity index (χ3v) is 13.1. The molecule has 0 unspecified atom stereocenters. The average Bonchev–Trinajstić information content (AvgIpc) is 3.63. The van der Waals surface area contributed by atoms with Gasteiger partial charge in [0.15, 0.2) is 38.8 Å². The summed E-state index contributed by atoms with van der Waals surface area (Å²) in [6.07, 6.45) is 2.30. The van der Waals surface area contributed by atoms with Gasteiger partial charge in [-0.15, -0.1) is 21.5 Å². The van der Waals surface area contributed by atoms with Crippen molar-refractivity contribution in [2.75, 3.05) is 52.9 Å². The number of aryl methyl sites for hydroxylation is 1. The lowest BCUT2D eigenvalue weighted by Crippen LogP contribution is -2.23. The number of para-hydroxylation sites is 1. The number of thiazole rings is 2. The van der Waals surface area contributed by atoms with Crippen LogP contribution >= 0.6 is 22.7 Å². The number of halogens is 1. The van der Waals surface area contributed by atoms with Gasteiger partial charge in [0, 0.05) is 37.6 Å². The minimum atomic E-state index is -1.22. The van der Waals surface area contributed by atoms with Crippen LogP contribution in [-0.4, -0.2) is 86.7 Å². The molecule has 5 aromatic rings. The van der Waals surface area contributed by atoms with Crippen molar-refractivity contribution in [3.63, 3.8) is 0 Å². The van der Waals surface area contributed by atoms with E-state index < -0.39 is 19.9 Å². The molecule has 6 rings (SSSR count). The van der Waals surface area contributed by atoms with Gasteiger partial charge in [-0.05, 0) is 88.3 Å². The topological polar surface area (TPSA) is 107 Å². The van der Waals surface area contributed by atoms with Crippen LogP contribution in [0.2, 0.25) is 25.7 Å². The summed E-state index contributed by atoms with van der Waals surface area (Å²) in [7, 11) is 5.83. The van der Waals surface area contributed by atoms with Gasteiger partial charge >= 0.3 is 5.97 Å². The Labute approximate surface area is 330 Å². The molecule has 1 aliphatic carbocycles. The van der Waals surface area contributed by atoms with Crippen molar-refractivity contribution >= 4 is 63.7 Å². The third kappa shape index (κ3) is 10.2. The SMILES string of the molecule is COC(=O)c1nc(N(C)c2cc(C)c(/N=c3\sc4ccccc4n3COCC[Si](C)(C)C)nn2)sc1CC1(COc2ccc(C#CCN(C)C)cc2F)CC1. The Morgan fingerprint density at radius 1 is 1.09 bits per heavy atom. The summed E-state index contributed by atoms with van der Waals surface area (Å²) in [4.78, 5) is 27.9. The molecule has 11 nitrogen and oxygen atoms in total. The van der Waals surface area contributed by atoms with E-state index in [1.54, 1.807) is 23.5 Å². The Hall–Kier alpha value is -4.46. The number of benzene rings is 2. The predicted molar refractivity (Wildman–Crippen MR) is 220 cm³/mol. The maximum absolute atomic E-state index is 14.9. The standard InChI is InChI=1S/C40H48FN7O4S2Si/c1-27-22-34(44-45-36(27)43-39-48(26-51-20-21-55(6,7)8)30-13-9-10-14-32(30)53-39)47(4)38-42-35(37(49)50-5)33(54-38)24-40(17-18-40)25-52-31-16-15-28(23-29(31)41)12-11-19-46(2)3/h9-10,13-16,22-23H,17-21,24-26H2,1-8H3/b43-39-. The van der Waals surface area contributed by atoms with Crippen LogP contribution in [-0.2, 0) is 22.6 Å². The van der Waals surface area contributed by atoms with E-state index >= 15 is 0 Å². The quantitative estimate of drug-likeness (QED) is 0.0454. The normalized spacial score (nSPS) is 13.9. The van der Waals surface area contributed by atoms with E-state index in [1.165, 1.54) is 24.5 Å². The zero-order valence-electron chi connectivity index (χ0n) is 32.7. The molecule has 1 fully saturated rings. The van der Waals surface area contributed by atoms with E-state index in [9.17, 15) is 9.18 Å². The zero-order chi connectivity index (χ0) is 39.3. The molecule has 0 N–H and O–H groups in total. The van der Waals surface area contributed by atoms with Crippen molar-refractivity contribution in [2.24, 2.45) is 10.4 Å². The van der Waals surface area contributed by atoms with Crippen molar-refractivity contribution in [2.45, 2.75) is 58.6 Å². The highest BCUT2D eigenvalue weighted by molar-refractivity contribution is 7.16. The number of carbonyl (C=O) groups excluding carboxylic acids is 1. The molecule has 0 radical (unpaired) electrons. The zero-order valence-corrected chi connectivity index (χ0v) is 35.4. The van der Waals surface area contributed by atoms with Gasteiger partial charge in [0.2, 0.25) is 0 Å². The number of methoxy groups -OCH3 is 1. The first-order chi connectivity index (χ1) is 26.2. The Morgan fingerprint density at radius 3 is 2.56 bits per heavy atom. The molecular weight excluding hydrogens is 754 g/mol. The van der Waals surface area contributed by atoms with E-state index in [0.29, 0.717) is 55.2 Å². The number of esters is 1. The molecular formula is C40H48FN7O4S2Si. The van der Waals surface area contributed by atoms with Crippen LogP contribution in [0.25, 0.3) is 10.2 Å². The first-order valence-corrected chi connectivity index (χ1v) is 23.5. The number of hydrogen-bond donors (Lipinski definition) is 0. The third-order valence-electron chi connectivity index (χ3n) is 9.23. The van der Waals surface area contributed by atoms with Gasteiger partial charge < -0.3 is 19.1 Å². The lowest BCUT2D eigenvalue weighted by molar-refractivity contribution is 0.0593. The molecule has 55 heavy (non-hydrogen) atoms. The van der Waals surface area contributed by atoms with Crippen molar-refractivity contribution in [3.8, 4) is 17.6 Å².